The Morgan fingerprint density at radius 1 is 1.26 bits per heavy atom. The van der Waals surface area contributed by atoms with Gasteiger partial charge in [0.15, 0.2) is 0 Å². The summed E-state index contributed by atoms with van der Waals surface area (Å²) in [4.78, 5) is 10.4. The molecule has 138 valence electrons. The van der Waals surface area contributed by atoms with Crippen LogP contribution in [0.25, 0.3) is 22.6 Å². The van der Waals surface area contributed by atoms with Gasteiger partial charge in [0.05, 0.1) is 11.5 Å². The molecule has 0 N–H and O–H groups in total. The van der Waals surface area contributed by atoms with E-state index in [0.29, 0.717) is 12.2 Å². The highest BCUT2D eigenvalue weighted by Gasteiger charge is 2.14. The monoisotopic (exact) mass is 385 g/mol. The first-order valence-electron chi connectivity index (χ1n) is 8.25. The van der Waals surface area contributed by atoms with Gasteiger partial charge in [-0.3, -0.25) is 10.1 Å². The maximum Gasteiger partial charge on any atom is 0.270 e. The molecule has 27 heavy (non-hydrogen) atoms. The van der Waals surface area contributed by atoms with E-state index in [1.165, 1.54) is 12.1 Å². The zero-order valence-corrected chi connectivity index (χ0v) is 15.2. The molecule has 0 saturated carbocycles. The van der Waals surface area contributed by atoms with Crippen molar-refractivity contribution in [2.45, 2.75) is 13.3 Å². The van der Waals surface area contributed by atoms with Crippen molar-refractivity contribution in [3.05, 3.63) is 70.1 Å². The average molecular weight is 386 g/mol. The summed E-state index contributed by atoms with van der Waals surface area (Å²) in [5, 5.41) is 19.0. The Labute approximate surface area is 160 Å². The molecule has 0 spiro atoms. The molecule has 0 aliphatic carbocycles. The van der Waals surface area contributed by atoms with E-state index in [9.17, 15) is 10.1 Å². The van der Waals surface area contributed by atoms with Crippen LogP contribution in [0.3, 0.4) is 0 Å². The second-order valence-electron chi connectivity index (χ2n) is 5.63. The fourth-order valence-electron chi connectivity index (χ4n) is 2.28. The lowest BCUT2D eigenvalue weighted by atomic mass is 10.2. The van der Waals surface area contributed by atoms with Gasteiger partial charge in [-0.25, -0.2) is 0 Å². The largest absolute Gasteiger partial charge is 0.494 e. The normalized spacial score (nSPS) is 11.4. The Hall–Kier alpha value is -3.19. The number of benzene rings is 2. The van der Waals surface area contributed by atoms with Crippen LogP contribution in [-0.2, 0) is 0 Å². The third kappa shape index (κ3) is 4.71. The number of nitrogens with zero attached hydrogens (tertiary/aromatic N) is 3. The summed E-state index contributed by atoms with van der Waals surface area (Å²) in [5.74, 6) is 1.07. The van der Waals surface area contributed by atoms with Gasteiger partial charge >= 0.3 is 0 Å². The van der Waals surface area contributed by atoms with Crippen LogP contribution in [0.2, 0.25) is 0 Å². The summed E-state index contributed by atoms with van der Waals surface area (Å²) in [7, 11) is 0. The predicted molar refractivity (Wildman–Crippen MR) is 102 cm³/mol. The molecular formula is C19H16ClN3O4. The van der Waals surface area contributed by atoms with Crippen LogP contribution in [0, 0.1) is 10.1 Å². The molecule has 0 amide bonds. The number of hydrogen-bond donors (Lipinski definition) is 0. The Kier molecular flexibility index (Phi) is 5.83. The summed E-state index contributed by atoms with van der Waals surface area (Å²) in [6.07, 6.45) is 2.63. The fraction of sp³-hybridized carbons (Fsp3) is 0.158. The van der Waals surface area contributed by atoms with E-state index >= 15 is 0 Å². The van der Waals surface area contributed by atoms with Gasteiger partial charge in [0, 0.05) is 17.7 Å². The van der Waals surface area contributed by atoms with Gasteiger partial charge in [0.25, 0.3) is 11.6 Å². The van der Waals surface area contributed by atoms with E-state index < -0.39 is 4.92 Å². The highest BCUT2D eigenvalue weighted by molar-refractivity contribution is 6.50. The van der Waals surface area contributed by atoms with Crippen molar-refractivity contribution in [3.63, 3.8) is 0 Å². The predicted octanol–water partition coefficient (Wildman–Crippen LogP) is 5.17. The van der Waals surface area contributed by atoms with Crippen LogP contribution < -0.4 is 4.74 Å². The van der Waals surface area contributed by atoms with Crippen molar-refractivity contribution in [2.24, 2.45) is 0 Å². The molecule has 0 aliphatic rings. The molecule has 2 aromatic carbocycles. The van der Waals surface area contributed by atoms with Gasteiger partial charge in [-0.15, -0.1) is 10.2 Å². The molecule has 8 heteroatoms. The SMILES string of the molecule is CCCOc1ccc(/C=C(\Cl)c2nnc(-c3cccc([N+](=O)[O-])c3)o2)cc1. The van der Waals surface area contributed by atoms with Gasteiger partial charge in [-0.2, -0.15) is 0 Å². The first-order chi connectivity index (χ1) is 13.1. The van der Waals surface area contributed by atoms with Gasteiger partial charge in [-0.1, -0.05) is 36.7 Å². The summed E-state index contributed by atoms with van der Waals surface area (Å²) >= 11 is 6.27. The molecule has 0 aliphatic heterocycles. The van der Waals surface area contributed by atoms with E-state index in [4.69, 9.17) is 20.8 Å². The molecule has 0 radical (unpaired) electrons. The van der Waals surface area contributed by atoms with Crippen LogP contribution in [0.5, 0.6) is 5.75 Å². The maximum atomic E-state index is 10.9. The van der Waals surface area contributed by atoms with Crippen LogP contribution in [0.1, 0.15) is 24.8 Å². The van der Waals surface area contributed by atoms with Crippen molar-refractivity contribution in [1.82, 2.24) is 10.2 Å². The number of ether oxygens (including phenoxy) is 1. The Balaban J connectivity index is 1.78. The minimum absolute atomic E-state index is 0.0562. The second-order valence-corrected chi connectivity index (χ2v) is 6.04. The molecular weight excluding hydrogens is 370 g/mol. The second kappa shape index (κ2) is 8.46. The molecule has 0 bridgehead atoms. The molecule has 3 aromatic rings. The Morgan fingerprint density at radius 2 is 2.04 bits per heavy atom. The third-order valence-electron chi connectivity index (χ3n) is 3.58. The van der Waals surface area contributed by atoms with E-state index in [2.05, 4.69) is 10.2 Å². The third-order valence-corrected chi connectivity index (χ3v) is 3.85. The number of aromatic nitrogens is 2. The first kappa shape index (κ1) is 18.6. The Morgan fingerprint density at radius 3 is 2.74 bits per heavy atom. The zero-order chi connectivity index (χ0) is 19.2. The maximum absolute atomic E-state index is 10.9. The van der Waals surface area contributed by atoms with Crippen molar-refractivity contribution < 1.29 is 14.1 Å². The van der Waals surface area contributed by atoms with Crippen LogP contribution in [0.4, 0.5) is 5.69 Å². The topological polar surface area (TPSA) is 91.3 Å². The lowest BCUT2D eigenvalue weighted by molar-refractivity contribution is -0.384. The minimum Gasteiger partial charge on any atom is -0.494 e. The van der Waals surface area contributed by atoms with Crippen molar-refractivity contribution in [2.75, 3.05) is 6.61 Å². The summed E-state index contributed by atoms with van der Waals surface area (Å²) in [5.41, 5.74) is 1.24. The van der Waals surface area contributed by atoms with Crippen molar-refractivity contribution in [1.29, 1.82) is 0 Å². The van der Waals surface area contributed by atoms with Gasteiger partial charge in [-0.05, 0) is 36.3 Å². The molecule has 0 saturated heterocycles. The van der Waals surface area contributed by atoms with E-state index in [-0.39, 0.29) is 22.5 Å². The van der Waals surface area contributed by atoms with Crippen LogP contribution in [-0.4, -0.2) is 21.7 Å². The Bertz CT molecular complexity index is 967. The number of rotatable bonds is 7. The lowest BCUT2D eigenvalue weighted by Gasteiger charge is -2.04. The molecule has 0 unspecified atom stereocenters. The molecule has 1 aromatic heterocycles. The van der Waals surface area contributed by atoms with E-state index in [1.807, 2.05) is 31.2 Å². The molecule has 3 rings (SSSR count). The highest BCUT2D eigenvalue weighted by atomic mass is 35.5. The summed E-state index contributed by atoms with van der Waals surface area (Å²) < 4.78 is 11.1. The average Bonchev–Trinajstić information content (AvgIpc) is 3.18. The number of halogens is 1. The number of nitro groups is 1. The first-order valence-corrected chi connectivity index (χ1v) is 8.63. The molecule has 0 atom stereocenters. The van der Waals surface area contributed by atoms with Crippen molar-refractivity contribution in [3.8, 4) is 17.2 Å². The molecule has 0 fully saturated rings. The number of hydrogen-bond acceptors (Lipinski definition) is 6. The zero-order valence-electron chi connectivity index (χ0n) is 14.5. The quantitative estimate of drug-likeness (QED) is 0.411. The van der Waals surface area contributed by atoms with E-state index in [1.54, 1.807) is 18.2 Å². The summed E-state index contributed by atoms with van der Waals surface area (Å²) in [6.45, 7) is 2.71. The standard InChI is InChI=1S/C19H16ClN3O4/c1-2-10-26-16-8-6-13(7-9-16)11-17(20)19-22-21-18(27-19)14-4-3-5-15(12-14)23(24)25/h3-9,11-12H,2,10H2,1H3/b17-11-. The highest BCUT2D eigenvalue weighted by Crippen LogP contribution is 2.27. The summed E-state index contributed by atoms with van der Waals surface area (Å²) in [6, 6.07) is 13.4. The number of non-ortho nitro benzene ring substituents is 1. The lowest BCUT2D eigenvalue weighted by Crippen LogP contribution is -1.94. The van der Waals surface area contributed by atoms with E-state index in [0.717, 1.165) is 17.7 Å². The molecule has 1 heterocycles. The van der Waals surface area contributed by atoms with Crippen LogP contribution in [0.15, 0.2) is 52.9 Å². The fourth-order valence-corrected chi connectivity index (χ4v) is 2.48. The molecule has 7 nitrogen and oxygen atoms in total. The number of nitro benzene ring substituents is 1. The van der Waals surface area contributed by atoms with Gasteiger partial charge in [0.1, 0.15) is 10.8 Å². The smallest absolute Gasteiger partial charge is 0.270 e. The minimum atomic E-state index is -0.485. The van der Waals surface area contributed by atoms with Crippen molar-refractivity contribution >= 4 is 28.4 Å². The van der Waals surface area contributed by atoms with Crippen LogP contribution >= 0.6 is 11.6 Å². The van der Waals surface area contributed by atoms with Gasteiger partial charge < -0.3 is 9.15 Å². The van der Waals surface area contributed by atoms with Gasteiger partial charge in [0.2, 0.25) is 5.89 Å².